The number of benzene rings is 1. The third kappa shape index (κ3) is 4.78. The van der Waals surface area contributed by atoms with Crippen molar-refractivity contribution >= 4 is 26.0 Å². The summed E-state index contributed by atoms with van der Waals surface area (Å²) in [7, 11) is -6.30. The van der Waals surface area contributed by atoms with Crippen LogP contribution in [0, 0.1) is 11.7 Å². The van der Waals surface area contributed by atoms with Crippen LogP contribution in [0.4, 0.5) is 4.39 Å². The number of piperidine rings is 1. The number of rotatable bonds is 7. The van der Waals surface area contributed by atoms with Crippen LogP contribution in [0.1, 0.15) is 12.8 Å². The third-order valence-electron chi connectivity index (χ3n) is 4.44. The van der Waals surface area contributed by atoms with Gasteiger partial charge in [-0.15, -0.1) is 0 Å². The van der Waals surface area contributed by atoms with Crippen molar-refractivity contribution in [2.24, 2.45) is 11.7 Å². The number of nitrogens with two attached hydrogens (primary N) is 1. The predicted octanol–water partition coefficient (Wildman–Crippen LogP) is -0.0267. The Kier molecular flexibility index (Phi) is 6.37. The van der Waals surface area contributed by atoms with Gasteiger partial charge in [-0.1, -0.05) is 0 Å². The zero-order valence-electron chi connectivity index (χ0n) is 14.3. The lowest BCUT2D eigenvalue weighted by atomic mass is 9.98. The van der Waals surface area contributed by atoms with Crippen LogP contribution >= 0.6 is 0 Å². The maximum atomic E-state index is 12.9. The zero-order valence-corrected chi connectivity index (χ0v) is 16.0. The largest absolute Gasteiger partial charge is 0.369 e. The minimum absolute atomic E-state index is 0.110. The maximum absolute atomic E-state index is 12.9. The molecule has 0 radical (unpaired) electrons. The predicted molar refractivity (Wildman–Crippen MR) is 93.5 cm³/mol. The molecule has 1 saturated heterocycles. The van der Waals surface area contributed by atoms with E-state index in [4.69, 9.17) is 5.73 Å². The number of primary amides is 1. The molecular weight excluding hydrogens is 385 g/mol. The molecule has 11 heteroatoms. The molecule has 26 heavy (non-hydrogen) atoms. The molecular formula is C15H22FN3O5S2. The second kappa shape index (κ2) is 7.99. The van der Waals surface area contributed by atoms with Gasteiger partial charge in [-0.05, 0) is 37.1 Å². The average Bonchev–Trinajstić information content (AvgIpc) is 2.60. The summed E-state index contributed by atoms with van der Waals surface area (Å²) in [4.78, 5) is 11.0. The lowest BCUT2D eigenvalue weighted by molar-refractivity contribution is -0.122. The molecule has 1 aliphatic heterocycles. The maximum Gasteiger partial charge on any atom is 0.242 e. The molecule has 1 aliphatic rings. The Bertz CT molecular complexity index is 848. The molecule has 1 aromatic rings. The molecule has 0 bridgehead atoms. The molecule has 2 rings (SSSR count). The molecule has 0 aromatic heterocycles. The van der Waals surface area contributed by atoms with E-state index in [1.54, 1.807) is 0 Å². The Morgan fingerprint density at radius 2 is 1.73 bits per heavy atom. The second-order valence-corrected chi connectivity index (χ2v) is 10.3. The van der Waals surface area contributed by atoms with Crippen LogP contribution in [0.5, 0.6) is 0 Å². The Balaban J connectivity index is 1.98. The first-order valence-electron chi connectivity index (χ1n) is 8.03. The third-order valence-corrected chi connectivity index (χ3v) is 8.16. The monoisotopic (exact) mass is 407 g/mol. The van der Waals surface area contributed by atoms with Crippen molar-refractivity contribution < 1.29 is 26.0 Å². The van der Waals surface area contributed by atoms with Crippen molar-refractivity contribution in [2.75, 3.05) is 32.4 Å². The molecule has 1 heterocycles. The normalized spacial score (nSPS) is 17.5. The smallest absolute Gasteiger partial charge is 0.242 e. The number of carbonyl (C=O) groups excluding carboxylic acids is 1. The zero-order chi connectivity index (χ0) is 19.5. The quantitative estimate of drug-likeness (QED) is 0.681. The lowest BCUT2D eigenvalue weighted by Crippen LogP contribution is -2.44. The topological polar surface area (TPSA) is 118 Å². The Morgan fingerprint density at radius 3 is 2.23 bits per heavy atom. The Hall–Kier alpha value is -1.56. The highest BCUT2D eigenvalue weighted by atomic mass is 32.2. The van der Waals surface area contributed by atoms with E-state index in [0.29, 0.717) is 12.8 Å². The summed E-state index contributed by atoms with van der Waals surface area (Å²) < 4.78 is 64.7. The minimum atomic E-state index is -3.91. The van der Waals surface area contributed by atoms with Crippen molar-refractivity contribution in [2.45, 2.75) is 17.7 Å². The van der Waals surface area contributed by atoms with Crippen LogP contribution in [-0.4, -0.2) is 63.8 Å². The first kappa shape index (κ1) is 20.7. The van der Waals surface area contributed by atoms with Gasteiger partial charge in [0.1, 0.15) is 5.82 Å². The number of hydrogen-bond acceptors (Lipinski definition) is 5. The van der Waals surface area contributed by atoms with Gasteiger partial charge in [-0.25, -0.2) is 25.5 Å². The van der Waals surface area contributed by atoms with Gasteiger partial charge < -0.3 is 5.73 Å². The number of sulfonamides is 2. The highest BCUT2D eigenvalue weighted by molar-refractivity contribution is 7.90. The van der Waals surface area contributed by atoms with Crippen LogP contribution in [0.25, 0.3) is 0 Å². The molecule has 146 valence electrons. The molecule has 8 nitrogen and oxygen atoms in total. The van der Waals surface area contributed by atoms with Gasteiger partial charge in [0, 0.05) is 32.6 Å². The van der Waals surface area contributed by atoms with Crippen LogP contribution in [0.3, 0.4) is 0 Å². The van der Waals surface area contributed by atoms with E-state index in [2.05, 4.69) is 0 Å². The van der Waals surface area contributed by atoms with Gasteiger partial charge in [0.2, 0.25) is 26.0 Å². The van der Waals surface area contributed by atoms with E-state index in [9.17, 15) is 26.0 Å². The summed E-state index contributed by atoms with van der Waals surface area (Å²) >= 11 is 0. The number of nitrogens with zero attached hydrogens (tertiary/aromatic N) is 2. The molecule has 2 N–H and O–H groups in total. The summed E-state index contributed by atoms with van der Waals surface area (Å²) in [5.41, 5.74) is 5.23. The van der Waals surface area contributed by atoms with Gasteiger partial charge in [0.05, 0.1) is 10.6 Å². The summed E-state index contributed by atoms with van der Waals surface area (Å²) in [6, 6.07) is 4.31. The molecule has 1 aromatic carbocycles. The molecule has 0 unspecified atom stereocenters. The molecule has 0 atom stereocenters. The highest BCUT2D eigenvalue weighted by Gasteiger charge is 2.31. The average molecular weight is 407 g/mol. The van der Waals surface area contributed by atoms with E-state index in [0.717, 1.165) is 28.6 Å². The summed E-state index contributed by atoms with van der Waals surface area (Å²) in [6.45, 7) is 0.131. The van der Waals surface area contributed by atoms with Gasteiger partial charge >= 0.3 is 0 Å². The SMILES string of the molecule is CN(CCS(=O)(=O)N1CCC(C(N)=O)CC1)S(=O)(=O)c1ccc(F)cc1. The van der Waals surface area contributed by atoms with Crippen molar-refractivity contribution in [3.63, 3.8) is 0 Å². The van der Waals surface area contributed by atoms with Crippen molar-refractivity contribution in [1.29, 1.82) is 0 Å². The molecule has 0 spiro atoms. The van der Waals surface area contributed by atoms with Crippen molar-refractivity contribution in [1.82, 2.24) is 8.61 Å². The van der Waals surface area contributed by atoms with E-state index < -0.39 is 31.8 Å². The standard InChI is InChI=1S/C15H22FN3O5S2/c1-18(26(23,24)14-4-2-13(16)3-5-14)10-11-25(21,22)19-8-6-12(7-9-19)15(17)20/h2-5,12H,6-11H2,1H3,(H2,17,20). The summed E-state index contributed by atoms with van der Waals surface area (Å²) in [6.07, 6.45) is 0.719. The van der Waals surface area contributed by atoms with Crippen molar-refractivity contribution in [3.8, 4) is 0 Å². The van der Waals surface area contributed by atoms with E-state index in [1.807, 2.05) is 0 Å². The highest BCUT2D eigenvalue weighted by Crippen LogP contribution is 2.20. The fourth-order valence-corrected chi connectivity index (χ4v) is 5.52. The molecule has 0 aliphatic carbocycles. The number of halogens is 1. The van der Waals surface area contributed by atoms with Crippen LogP contribution in [0.2, 0.25) is 0 Å². The van der Waals surface area contributed by atoms with Crippen LogP contribution in [0.15, 0.2) is 29.2 Å². The first-order valence-corrected chi connectivity index (χ1v) is 11.1. The van der Waals surface area contributed by atoms with Gasteiger partial charge in [0.15, 0.2) is 0 Å². The molecule has 1 amide bonds. The lowest BCUT2D eigenvalue weighted by Gasteiger charge is -2.30. The number of hydrogen-bond donors (Lipinski definition) is 1. The van der Waals surface area contributed by atoms with E-state index in [1.165, 1.54) is 11.4 Å². The number of amides is 1. The fraction of sp³-hybridized carbons (Fsp3) is 0.533. The Morgan fingerprint density at radius 1 is 1.19 bits per heavy atom. The van der Waals surface area contributed by atoms with Crippen LogP contribution in [-0.2, 0) is 24.8 Å². The van der Waals surface area contributed by atoms with Gasteiger partial charge in [-0.2, -0.15) is 4.31 Å². The van der Waals surface area contributed by atoms with Gasteiger partial charge in [-0.3, -0.25) is 4.79 Å². The second-order valence-electron chi connectivity index (χ2n) is 6.17. The summed E-state index contributed by atoms with van der Waals surface area (Å²) in [5.74, 6) is -1.71. The molecule has 0 saturated carbocycles. The fourth-order valence-electron chi connectivity index (χ4n) is 2.70. The number of carbonyl (C=O) groups is 1. The molecule has 1 fully saturated rings. The van der Waals surface area contributed by atoms with Crippen LogP contribution < -0.4 is 5.73 Å². The first-order chi connectivity index (χ1) is 12.0. The Labute approximate surface area is 152 Å². The minimum Gasteiger partial charge on any atom is -0.369 e. The van der Waals surface area contributed by atoms with E-state index >= 15 is 0 Å². The van der Waals surface area contributed by atoms with E-state index in [-0.39, 0.29) is 36.2 Å². The van der Waals surface area contributed by atoms with Crippen molar-refractivity contribution in [3.05, 3.63) is 30.1 Å². The van der Waals surface area contributed by atoms with Gasteiger partial charge in [0.25, 0.3) is 0 Å². The summed E-state index contributed by atoms with van der Waals surface area (Å²) in [5, 5.41) is 0.